The van der Waals surface area contributed by atoms with Crippen molar-refractivity contribution in [2.45, 2.75) is 24.9 Å². The Balaban J connectivity index is 1.58. The van der Waals surface area contributed by atoms with E-state index in [1.54, 1.807) is 7.05 Å². The molecule has 1 amide bonds. The normalized spacial score (nSPS) is 12.5. The minimum atomic E-state index is -3.68. The lowest BCUT2D eigenvalue weighted by Crippen LogP contribution is -2.26. The number of fused-ring (bicyclic) bond motifs is 1. The number of thiazole rings is 1. The van der Waals surface area contributed by atoms with Gasteiger partial charge in [0.05, 0.1) is 15.1 Å². The SMILES string of the molecule is CCn1c(=NC(=O)c2ccc(S(=O)(=O)N(C)Cc3ccccc3)cc2)sc2ccccc21. The molecule has 6 nitrogen and oxygen atoms in total. The maximum Gasteiger partial charge on any atom is 0.279 e. The van der Waals surface area contributed by atoms with E-state index in [1.165, 1.54) is 39.9 Å². The number of benzene rings is 3. The fourth-order valence-corrected chi connectivity index (χ4v) is 5.69. The number of hydrogen-bond acceptors (Lipinski definition) is 4. The van der Waals surface area contributed by atoms with Crippen molar-refractivity contribution >= 4 is 37.5 Å². The molecule has 0 N–H and O–H groups in total. The minimum absolute atomic E-state index is 0.137. The van der Waals surface area contributed by atoms with Crippen LogP contribution in [-0.4, -0.2) is 30.2 Å². The lowest BCUT2D eigenvalue weighted by molar-refractivity contribution is 0.0997. The van der Waals surface area contributed by atoms with Crippen LogP contribution in [0.15, 0.2) is 88.8 Å². The maximum absolute atomic E-state index is 12.9. The first kappa shape index (κ1) is 22.1. The topological polar surface area (TPSA) is 71.7 Å². The van der Waals surface area contributed by atoms with E-state index in [4.69, 9.17) is 0 Å². The molecule has 0 radical (unpaired) electrons. The van der Waals surface area contributed by atoms with E-state index in [-0.39, 0.29) is 11.4 Å². The molecule has 1 aromatic heterocycles. The predicted molar refractivity (Wildman–Crippen MR) is 127 cm³/mol. The number of sulfonamides is 1. The van der Waals surface area contributed by atoms with E-state index in [0.29, 0.717) is 16.9 Å². The van der Waals surface area contributed by atoms with Crippen LogP contribution in [0, 0.1) is 0 Å². The van der Waals surface area contributed by atoms with Gasteiger partial charge in [0.2, 0.25) is 10.0 Å². The molecule has 164 valence electrons. The zero-order valence-electron chi connectivity index (χ0n) is 17.8. The van der Waals surface area contributed by atoms with Gasteiger partial charge in [-0.25, -0.2) is 8.42 Å². The number of aryl methyl sites for hydroxylation is 1. The van der Waals surface area contributed by atoms with Crippen molar-refractivity contribution in [1.29, 1.82) is 0 Å². The summed E-state index contributed by atoms with van der Waals surface area (Å²) in [6, 6.07) is 23.3. The fraction of sp³-hybridized carbons (Fsp3) is 0.167. The van der Waals surface area contributed by atoms with Gasteiger partial charge in [-0.05, 0) is 48.9 Å². The van der Waals surface area contributed by atoms with E-state index < -0.39 is 15.9 Å². The van der Waals surface area contributed by atoms with Crippen molar-refractivity contribution in [1.82, 2.24) is 8.87 Å². The molecule has 0 saturated heterocycles. The minimum Gasteiger partial charge on any atom is -0.317 e. The summed E-state index contributed by atoms with van der Waals surface area (Å²) in [5.41, 5.74) is 2.28. The lowest BCUT2D eigenvalue weighted by Gasteiger charge is -2.17. The first-order valence-electron chi connectivity index (χ1n) is 10.2. The van der Waals surface area contributed by atoms with Crippen LogP contribution >= 0.6 is 11.3 Å². The second-order valence-corrected chi connectivity index (χ2v) is 10.3. The van der Waals surface area contributed by atoms with Gasteiger partial charge in [-0.15, -0.1) is 0 Å². The van der Waals surface area contributed by atoms with Crippen molar-refractivity contribution in [3.8, 4) is 0 Å². The second-order valence-electron chi connectivity index (χ2n) is 7.28. The van der Waals surface area contributed by atoms with Gasteiger partial charge in [0.1, 0.15) is 0 Å². The lowest BCUT2D eigenvalue weighted by atomic mass is 10.2. The van der Waals surface area contributed by atoms with Gasteiger partial charge in [-0.3, -0.25) is 4.79 Å². The van der Waals surface area contributed by atoms with Crippen LogP contribution in [0.1, 0.15) is 22.8 Å². The first-order valence-corrected chi connectivity index (χ1v) is 12.4. The van der Waals surface area contributed by atoms with Crippen LogP contribution in [0.3, 0.4) is 0 Å². The number of carbonyl (C=O) groups is 1. The third-order valence-electron chi connectivity index (χ3n) is 5.16. The monoisotopic (exact) mass is 465 g/mol. The van der Waals surface area contributed by atoms with Crippen LogP contribution in [0.4, 0.5) is 0 Å². The van der Waals surface area contributed by atoms with Crippen molar-refractivity contribution in [2.24, 2.45) is 4.99 Å². The van der Waals surface area contributed by atoms with Gasteiger partial charge in [0.25, 0.3) is 5.91 Å². The highest BCUT2D eigenvalue weighted by molar-refractivity contribution is 7.89. The molecule has 32 heavy (non-hydrogen) atoms. The molecule has 0 aliphatic carbocycles. The smallest absolute Gasteiger partial charge is 0.279 e. The highest BCUT2D eigenvalue weighted by Crippen LogP contribution is 2.19. The summed E-state index contributed by atoms with van der Waals surface area (Å²) in [6.45, 7) is 2.97. The molecule has 0 bridgehead atoms. The Bertz CT molecular complexity index is 1420. The number of carbonyl (C=O) groups excluding carboxylic acids is 1. The third-order valence-corrected chi connectivity index (χ3v) is 8.04. The zero-order valence-corrected chi connectivity index (χ0v) is 19.4. The van der Waals surface area contributed by atoms with Gasteiger partial charge >= 0.3 is 0 Å². The molecule has 0 fully saturated rings. The summed E-state index contributed by atoms with van der Waals surface area (Å²) in [5.74, 6) is -0.402. The quantitative estimate of drug-likeness (QED) is 0.427. The average Bonchev–Trinajstić information content (AvgIpc) is 3.16. The second kappa shape index (κ2) is 9.20. The number of hydrogen-bond donors (Lipinski definition) is 0. The molecule has 4 rings (SSSR count). The molecule has 3 aromatic carbocycles. The molecule has 0 saturated carbocycles. The Kier molecular flexibility index (Phi) is 6.36. The van der Waals surface area contributed by atoms with Crippen LogP contribution in [0.5, 0.6) is 0 Å². The van der Waals surface area contributed by atoms with Gasteiger partial charge in [-0.1, -0.05) is 53.8 Å². The molecule has 8 heteroatoms. The Hall–Kier alpha value is -3.07. The van der Waals surface area contributed by atoms with Crippen molar-refractivity contribution < 1.29 is 13.2 Å². The van der Waals surface area contributed by atoms with E-state index in [9.17, 15) is 13.2 Å². The van der Waals surface area contributed by atoms with Crippen LogP contribution in [-0.2, 0) is 23.1 Å². The molecule has 0 aliphatic rings. The Labute approximate surface area is 191 Å². The zero-order chi connectivity index (χ0) is 22.7. The molecule has 4 aromatic rings. The summed E-state index contributed by atoms with van der Waals surface area (Å²) < 4.78 is 30.2. The van der Waals surface area contributed by atoms with Crippen molar-refractivity contribution in [2.75, 3.05) is 7.05 Å². The Morgan fingerprint density at radius 1 is 0.969 bits per heavy atom. The molecule has 0 unspecified atom stereocenters. The highest BCUT2D eigenvalue weighted by atomic mass is 32.2. The summed E-state index contributed by atoms with van der Waals surface area (Å²) in [7, 11) is -2.13. The number of para-hydroxylation sites is 1. The molecule has 0 atom stereocenters. The predicted octanol–water partition coefficient (Wildman–Crippen LogP) is 4.28. The first-order chi connectivity index (χ1) is 15.4. The van der Waals surface area contributed by atoms with Crippen LogP contribution in [0.25, 0.3) is 10.2 Å². The van der Waals surface area contributed by atoms with E-state index in [2.05, 4.69) is 4.99 Å². The molecule has 0 spiro atoms. The summed E-state index contributed by atoms with van der Waals surface area (Å²) in [5, 5.41) is 0. The summed E-state index contributed by atoms with van der Waals surface area (Å²) >= 11 is 1.46. The standard InChI is InChI=1S/C24H23N3O3S2/c1-3-27-21-11-7-8-12-22(21)31-24(27)25-23(28)19-13-15-20(16-14-19)32(29,30)26(2)17-18-9-5-4-6-10-18/h4-16H,3,17H2,1-2H3. The van der Waals surface area contributed by atoms with Crippen LogP contribution in [0.2, 0.25) is 0 Å². The van der Waals surface area contributed by atoms with E-state index in [0.717, 1.165) is 15.8 Å². The third kappa shape index (κ3) is 4.43. The average molecular weight is 466 g/mol. The van der Waals surface area contributed by atoms with Gasteiger partial charge < -0.3 is 4.57 Å². The summed E-state index contributed by atoms with van der Waals surface area (Å²) in [4.78, 5) is 17.8. The summed E-state index contributed by atoms with van der Waals surface area (Å²) in [6.07, 6.45) is 0. The maximum atomic E-state index is 12.9. The van der Waals surface area contributed by atoms with Crippen molar-refractivity contribution in [3.05, 3.63) is 94.8 Å². The van der Waals surface area contributed by atoms with Crippen LogP contribution < -0.4 is 4.80 Å². The highest BCUT2D eigenvalue weighted by Gasteiger charge is 2.21. The van der Waals surface area contributed by atoms with Gasteiger partial charge in [0, 0.05) is 25.7 Å². The molecular formula is C24H23N3O3S2. The molecule has 0 aliphatic heterocycles. The number of amides is 1. The Morgan fingerprint density at radius 3 is 2.31 bits per heavy atom. The fourth-order valence-electron chi connectivity index (χ4n) is 3.44. The van der Waals surface area contributed by atoms with E-state index in [1.807, 2.05) is 66.1 Å². The number of nitrogens with zero attached hydrogens (tertiary/aromatic N) is 3. The van der Waals surface area contributed by atoms with Gasteiger partial charge in [-0.2, -0.15) is 9.30 Å². The van der Waals surface area contributed by atoms with Crippen molar-refractivity contribution in [3.63, 3.8) is 0 Å². The van der Waals surface area contributed by atoms with E-state index >= 15 is 0 Å². The largest absolute Gasteiger partial charge is 0.317 e. The molecular weight excluding hydrogens is 442 g/mol. The number of rotatable bonds is 6. The van der Waals surface area contributed by atoms with Gasteiger partial charge in [0.15, 0.2) is 4.80 Å². The number of aromatic nitrogens is 1. The molecule has 1 heterocycles. The Morgan fingerprint density at radius 2 is 1.62 bits per heavy atom.